The average molecular weight is 462 g/mol. The van der Waals surface area contributed by atoms with Gasteiger partial charge in [0.15, 0.2) is 0 Å². The molecule has 0 spiro atoms. The number of sulfone groups is 2. The van der Waals surface area contributed by atoms with Crippen LogP contribution >= 0.6 is 0 Å². The summed E-state index contributed by atoms with van der Waals surface area (Å²) in [6.45, 7) is 1.78. The number of rotatable bonds is 7. The van der Waals surface area contributed by atoms with Gasteiger partial charge in [-0.2, -0.15) is 0 Å². The van der Waals surface area contributed by atoms with E-state index in [9.17, 15) is 16.8 Å². The molecule has 9 heteroatoms. The van der Waals surface area contributed by atoms with Crippen LogP contribution in [-0.4, -0.2) is 31.1 Å². The monoisotopic (exact) mass is 461 g/mol. The highest BCUT2D eigenvalue weighted by molar-refractivity contribution is 7.94. The summed E-state index contributed by atoms with van der Waals surface area (Å²) >= 11 is 0. The van der Waals surface area contributed by atoms with Crippen molar-refractivity contribution in [2.24, 2.45) is 5.73 Å². The van der Waals surface area contributed by atoms with Crippen LogP contribution in [0.25, 0.3) is 0 Å². The van der Waals surface area contributed by atoms with E-state index in [0.29, 0.717) is 5.75 Å². The molecule has 0 radical (unpaired) electrons. The topological polar surface area (TPSA) is 113 Å². The maximum Gasteiger partial charge on any atom is 0.208 e. The fourth-order valence-electron chi connectivity index (χ4n) is 3.01. The summed E-state index contributed by atoms with van der Waals surface area (Å²) in [6.07, 6.45) is 0. The Morgan fingerprint density at radius 3 is 1.61 bits per heavy atom. The maximum absolute atomic E-state index is 13.4. The van der Waals surface area contributed by atoms with E-state index < -0.39 is 19.7 Å². The van der Waals surface area contributed by atoms with Gasteiger partial charge in [-0.25, -0.2) is 16.8 Å². The van der Waals surface area contributed by atoms with E-state index in [1.165, 1.54) is 68.8 Å². The van der Waals surface area contributed by atoms with Gasteiger partial charge in [-0.15, -0.1) is 0 Å². The van der Waals surface area contributed by atoms with Crippen LogP contribution in [0.2, 0.25) is 0 Å². The lowest BCUT2D eigenvalue weighted by Gasteiger charge is -2.14. The van der Waals surface area contributed by atoms with Crippen LogP contribution < -0.4 is 15.2 Å². The molecule has 0 heterocycles. The second kappa shape index (κ2) is 8.70. The van der Waals surface area contributed by atoms with Gasteiger partial charge in [0, 0.05) is 12.1 Å². The van der Waals surface area contributed by atoms with E-state index in [1.807, 2.05) is 0 Å². The lowest BCUT2D eigenvalue weighted by Crippen LogP contribution is -2.12. The second-order valence-electron chi connectivity index (χ2n) is 6.85. The third kappa shape index (κ3) is 4.43. The van der Waals surface area contributed by atoms with Crippen molar-refractivity contribution in [2.75, 3.05) is 14.2 Å². The molecule has 0 fully saturated rings. The van der Waals surface area contributed by atoms with E-state index >= 15 is 0 Å². The highest BCUT2D eigenvalue weighted by Crippen LogP contribution is 2.34. The molecule has 0 bridgehead atoms. The largest absolute Gasteiger partial charge is 0.497 e. The van der Waals surface area contributed by atoms with Crippen LogP contribution in [0.15, 0.2) is 86.3 Å². The van der Waals surface area contributed by atoms with Gasteiger partial charge < -0.3 is 15.2 Å². The van der Waals surface area contributed by atoms with Crippen molar-refractivity contribution in [2.45, 2.75) is 32.5 Å². The van der Waals surface area contributed by atoms with E-state index in [4.69, 9.17) is 15.2 Å². The summed E-state index contributed by atoms with van der Waals surface area (Å²) in [4.78, 5) is -0.801. The highest BCUT2D eigenvalue weighted by atomic mass is 32.2. The third-order valence-electron chi connectivity index (χ3n) is 4.82. The van der Waals surface area contributed by atoms with Gasteiger partial charge in [-0.3, -0.25) is 0 Å². The first kappa shape index (κ1) is 22.8. The fraction of sp³-hybridized carbons (Fsp3) is 0.182. The van der Waals surface area contributed by atoms with Crippen LogP contribution in [0.4, 0.5) is 0 Å². The summed E-state index contributed by atoms with van der Waals surface area (Å²) in [6, 6.07) is 15.4. The van der Waals surface area contributed by atoms with Gasteiger partial charge in [0.25, 0.3) is 0 Å². The zero-order valence-electron chi connectivity index (χ0n) is 17.3. The number of nitrogens with two attached hydrogens (primary N) is 1. The van der Waals surface area contributed by atoms with Crippen molar-refractivity contribution in [3.05, 3.63) is 72.3 Å². The first-order chi connectivity index (χ1) is 14.6. The van der Waals surface area contributed by atoms with Gasteiger partial charge in [0.2, 0.25) is 19.7 Å². The van der Waals surface area contributed by atoms with Crippen molar-refractivity contribution in [3.8, 4) is 11.5 Å². The van der Waals surface area contributed by atoms with Crippen LogP contribution in [-0.2, 0) is 19.7 Å². The SMILES string of the molecule is COc1ccc(S(=O)(=O)c2cc(OC)ccc2S(=O)(=O)c2ccc(C(C)N)cc2)cc1. The molecule has 2 N–H and O–H groups in total. The van der Waals surface area contributed by atoms with Gasteiger partial charge in [0.05, 0.1) is 33.8 Å². The molecule has 1 unspecified atom stereocenters. The number of benzene rings is 3. The molecule has 0 aromatic heterocycles. The number of hydrogen-bond donors (Lipinski definition) is 1. The van der Waals surface area contributed by atoms with Crippen LogP contribution in [0.5, 0.6) is 11.5 Å². The molecule has 0 saturated carbocycles. The Labute approximate surface area is 182 Å². The Kier molecular flexibility index (Phi) is 6.40. The number of methoxy groups -OCH3 is 2. The third-order valence-corrected chi connectivity index (χ3v) is 8.58. The van der Waals surface area contributed by atoms with Gasteiger partial charge in [0.1, 0.15) is 11.5 Å². The molecule has 0 amide bonds. The Morgan fingerprint density at radius 1 is 0.677 bits per heavy atom. The molecule has 3 aromatic rings. The highest BCUT2D eigenvalue weighted by Gasteiger charge is 2.30. The van der Waals surface area contributed by atoms with Crippen LogP contribution in [0.1, 0.15) is 18.5 Å². The van der Waals surface area contributed by atoms with Crippen molar-refractivity contribution < 1.29 is 26.3 Å². The minimum absolute atomic E-state index is 0.0340. The van der Waals surface area contributed by atoms with E-state index in [-0.39, 0.29) is 31.4 Å². The minimum Gasteiger partial charge on any atom is -0.497 e. The second-order valence-corrected chi connectivity index (χ2v) is 10.7. The van der Waals surface area contributed by atoms with Gasteiger partial charge >= 0.3 is 0 Å². The molecule has 3 rings (SSSR count). The smallest absolute Gasteiger partial charge is 0.208 e. The summed E-state index contributed by atoms with van der Waals surface area (Å²) in [5.41, 5.74) is 6.59. The molecule has 3 aromatic carbocycles. The molecular formula is C22H23NO6S2. The summed E-state index contributed by atoms with van der Waals surface area (Å²) in [7, 11) is -5.48. The van der Waals surface area contributed by atoms with Crippen molar-refractivity contribution in [1.82, 2.24) is 0 Å². The Morgan fingerprint density at radius 2 is 1.13 bits per heavy atom. The minimum atomic E-state index is -4.17. The van der Waals surface area contributed by atoms with Crippen LogP contribution in [0, 0.1) is 0 Å². The zero-order valence-corrected chi connectivity index (χ0v) is 18.9. The molecule has 7 nitrogen and oxygen atoms in total. The predicted molar refractivity (Wildman–Crippen MR) is 116 cm³/mol. The first-order valence-corrected chi connectivity index (χ1v) is 12.3. The lowest BCUT2D eigenvalue weighted by atomic mass is 10.1. The predicted octanol–water partition coefficient (Wildman–Crippen LogP) is 3.39. The molecule has 0 saturated heterocycles. The van der Waals surface area contributed by atoms with E-state index in [2.05, 4.69) is 0 Å². The molecule has 164 valence electrons. The average Bonchev–Trinajstić information content (AvgIpc) is 2.78. The normalized spacial score (nSPS) is 12.9. The Hall–Kier alpha value is -2.88. The lowest BCUT2D eigenvalue weighted by molar-refractivity contribution is 0.412. The number of hydrogen-bond acceptors (Lipinski definition) is 7. The first-order valence-electron chi connectivity index (χ1n) is 9.29. The molecule has 1 atom stereocenters. The molecule has 31 heavy (non-hydrogen) atoms. The number of ether oxygens (including phenoxy) is 2. The van der Waals surface area contributed by atoms with Crippen molar-refractivity contribution in [3.63, 3.8) is 0 Å². The quantitative estimate of drug-likeness (QED) is 0.574. The maximum atomic E-state index is 13.4. The summed E-state index contributed by atoms with van der Waals surface area (Å²) in [5.74, 6) is 0.699. The standard InChI is InChI=1S/C22H23NO6S2/c1-15(23)16-4-9-19(10-5-16)30(24,25)21-13-8-18(29-3)14-22(21)31(26,27)20-11-6-17(28-2)7-12-20/h4-15H,23H2,1-3H3. The van der Waals surface area contributed by atoms with Crippen molar-refractivity contribution in [1.29, 1.82) is 0 Å². The molecule has 0 aliphatic carbocycles. The molecular weight excluding hydrogens is 438 g/mol. The summed E-state index contributed by atoms with van der Waals surface area (Å²) in [5, 5.41) is 0. The van der Waals surface area contributed by atoms with Gasteiger partial charge in [-0.05, 0) is 61.0 Å². The Bertz CT molecular complexity index is 1280. The van der Waals surface area contributed by atoms with Crippen LogP contribution in [0.3, 0.4) is 0 Å². The Balaban J connectivity index is 2.19. The zero-order chi connectivity index (χ0) is 22.8. The summed E-state index contributed by atoms with van der Waals surface area (Å²) < 4.78 is 63.7. The van der Waals surface area contributed by atoms with Crippen molar-refractivity contribution >= 4 is 19.7 Å². The fourth-order valence-corrected chi connectivity index (χ4v) is 6.34. The van der Waals surface area contributed by atoms with E-state index in [1.54, 1.807) is 19.1 Å². The van der Waals surface area contributed by atoms with Gasteiger partial charge in [-0.1, -0.05) is 12.1 Å². The molecule has 0 aliphatic rings. The van der Waals surface area contributed by atoms with E-state index in [0.717, 1.165) is 5.56 Å². The molecule has 0 aliphatic heterocycles.